The molecule has 3 rings (SSSR count). The lowest BCUT2D eigenvalue weighted by molar-refractivity contribution is -0.159. The van der Waals surface area contributed by atoms with E-state index in [9.17, 15) is 4.79 Å². The number of hydrogen-bond donors (Lipinski definition) is 3. The van der Waals surface area contributed by atoms with Crippen molar-refractivity contribution in [2.75, 3.05) is 13.1 Å². The van der Waals surface area contributed by atoms with Gasteiger partial charge in [0.15, 0.2) is 0 Å². The van der Waals surface area contributed by atoms with Gasteiger partial charge >= 0.3 is 11.9 Å². The van der Waals surface area contributed by atoms with Crippen LogP contribution in [-0.4, -0.2) is 46.0 Å². The van der Waals surface area contributed by atoms with Gasteiger partial charge < -0.3 is 15.5 Å². The summed E-state index contributed by atoms with van der Waals surface area (Å²) in [6.07, 6.45) is 1.84. The third kappa shape index (κ3) is 8.39. The molecular weight excluding hydrogens is 420 g/mol. The fraction of sp³-hybridized carbons (Fsp3) is 0.348. The van der Waals surface area contributed by atoms with Gasteiger partial charge in [-0.15, -0.1) is 0 Å². The van der Waals surface area contributed by atoms with Crippen LogP contribution in [-0.2, 0) is 20.9 Å². The largest absolute Gasteiger partial charge is 0.473 e. The van der Waals surface area contributed by atoms with Gasteiger partial charge in [-0.05, 0) is 56.1 Å². The van der Waals surface area contributed by atoms with Crippen molar-refractivity contribution in [3.05, 3.63) is 70.7 Å². The van der Waals surface area contributed by atoms with Crippen LogP contribution < -0.4 is 5.32 Å². The first-order valence-corrected chi connectivity index (χ1v) is 10.4. The standard InChI is InChI=1S/C21H25ClN2O.C2H2O4/c1-16(18-5-3-2-4-6-18)23-21(25)19-11-13-24(14-12-19)15-17-7-9-20(22)10-8-17;3-1(4)2(5)6/h2-10,16,19H,11-15H2,1H3,(H,23,25);(H,3,4)(H,5,6)/t16-;/m1./s1. The Labute approximate surface area is 186 Å². The third-order valence-corrected chi connectivity index (χ3v) is 5.37. The van der Waals surface area contributed by atoms with Crippen LogP contribution in [0, 0.1) is 5.92 Å². The molecule has 3 N–H and O–H groups in total. The van der Waals surface area contributed by atoms with Crippen LogP contribution in [0.5, 0.6) is 0 Å². The molecule has 0 aliphatic carbocycles. The molecule has 1 atom stereocenters. The molecular formula is C23H27ClN2O5. The molecule has 2 aromatic carbocycles. The van der Waals surface area contributed by atoms with Gasteiger partial charge in [-0.1, -0.05) is 54.1 Å². The Hall–Kier alpha value is -2.90. The minimum Gasteiger partial charge on any atom is -0.473 e. The first-order chi connectivity index (χ1) is 14.8. The zero-order chi connectivity index (χ0) is 22.8. The highest BCUT2D eigenvalue weighted by atomic mass is 35.5. The van der Waals surface area contributed by atoms with E-state index in [1.165, 1.54) is 5.56 Å². The van der Waals surface area contributed by atoms with E-state index in [0.29, 0.717) is 0 Å². The number of nitrogens with one attached hydrogen (secondary N) is 1. The maximum atomic E-state index is 12.5. The molecule has 0 spiro atoms. The van der Waals surface area contributed by atoms with Gasteiger partial charge in [0.1, 0.15) is 0 Å². The number of likely N-dealkylation sites (tertiary alicyclic amines) is 1. The lowest BCUT2D eigenvalue weighted by Gasteiger charge is -2.32. The molecule has 31 heavy (non-hydrogen) atoms. The number of aliphatic carboxylic acids is 2. The smallest absolute Gasteiger partial charge is 0.414 e. The van der Waals surface area contributed by atoms with E-state index in [0.717, 1.165) is 43.1 Å². The molecule has 1 fully saturated rings. The van der Waals surface area contributed by atoms with E-state index in [1.54, 1.807) is 0 Å². The van der Waals surface area contributed by atoms with Crippen molar-refractivity contribution in [3.8, 4) is 0 Å². The molecule has 8 heteroatoms. The van der Waals surface area contributed by atoms with Crippen molar-refractivity contribution >= 4 is 29.4 Å². The number of rotatable bonds is 5. The summed E-state index contributed by atoms with van der Waals surface area (Å²) in [5.74, 6) is -3.35. The number of nitrogens with zero attached hydrogens (tertiary/aromatic N) is 1. The number of carboxylic acid groups (broad SMARTS) is 2. The van der Waals surface area contributed by atoms with Crippen molar-refractivity contribution in [1.82, 2.24) is 10.2 Å². The minimum atomic E-state index is -1.82. The van der Waals surface area contributed by atoms with Crippen molar-refractivity contribution in [1.29, 1.82) is 0 Å². The molecule has 166 valence electrons. The minimum absolute atomic E-state index is 0.0563. The van der Waals surface area contributed by atoms with E-state index < -0.39 is 11.9 Å². The summed E-state index contributed by atoms with van der Waals surface area (Å²) < 4.78 is 0. The van der Waals surface area contributed by atoms with Gasteiger partial charge in [0.2, 0.25) is 5.91 Å². The molecule has 0 unspecified atom stereocenters. The van der Waals surface area contributed by atoms with Crippen LogP contribution >= 0.6 is 11.6 Å². The SMILES string of the molecule is C[C@@H](NC(=O)C1CCN(Cc2ccc(Cl)cc2)CC1)c1ccccc1.O=C(O)C(=O)O. The summed E-state index contributed by atoms with van der Waals surface area (Å²) in [5.41, 5.74) is 2.42. The molecule has 0 aromatic heterocycles. The van der Waals surface area contributed by atoms with Crippen LogP contribution in [0.1, 0.15) is 36.9 Å². The van der Waals surface area contributed by atoms with Crippen molar-refractivity contribution in [2.45, 2.75) is 32.4 Å². The highest BCUT2D eigenvalue weighted by Gasteiger charge is 2.25. The lowest BCUT2D eigenvalue weighted by Crippen LogP contribution is -2.40. The Kier molecular flexibility index (Phi) is 9.49. The Morgan fingerprint density at radius 1 is 1.00 bits per heavy atom. The number of hydrogen-bond acceptors (Lipinski definition) is 4. The molecule has 0 radical (unpaired) electrons. The van der Waals surface area contributed by atoms with Crippen LogP contribution in [0.4, 0.5) is 0 Å². The second-order valence-corrected chi connectivity index (χ2v) is 7.86. The average molecular weight is 447 g/mol. The van der Waals surface area contributed by atoms with E-state index in [-0.39, 0.29) is 17.9 Å². The van der Waals surface area contributed by atoms with Gasteiger partial charge in [-0.25, -0.2) is 9.59 Å². The van der Waals surface area contributed by atoms with E-state index in [4.69, 9.17) is 31.4 Å². The molecule has 1 aliphatic rings. The summed E-state index contributed by atoms with van der Waals surface area (Å²) in [4.78, 5) is 33.1. The topological polar surface area (TPSA) is 107 Å². The number of halogens is 1. The highest BCUT2D eigenvalue weighted by Crippen LogP contribution is 2.21. The Bertz CT molecular complexity index is 853. The van der Waals surface area contributed by atoms with Crippen molar-refractivity contribution < 1.29 is 24.6 Å². The highest BCUT2D eigenvalue weighted by molar-refractivity contribution is 6.30. The number of benzene rings is 2. The molecule has 0 saturated carbocycles. The Morgan fingerprint density at radius 2 is 1.55 bits per heavy atom. The fourth-order valence-corrected chi connectivity index (χ4v) is 3.48. The summed E-state index contributed by atoms with van der Waals surface area (Å²) in [6.45, 7) is 4.88. The summed E-state index contributed by atoms with van der Waals surface area (Å²) >= 11 is 5.94. The number of carbonyl (C=O) groups excluding carboxylic acids is 1. The first-order valence-electron chi connectivity index (χ1n) is 10.0. The van der Waals surface area contributed by atoms with E-state index in [1.807, 2.05) is 37.3 Å². The first kappa shape index (κ1) is 24.4. The molecule has 1 saturated heterocycles. The maximum Gasteiger partial charge on any atom is 0.414 e. The molecule has 2 aromatic rings. The number of piperidine rings is 1. The predicted octanol–water partition coefficient (Wildman–Crippen LogP) is 3.59. The van der Waals surface area contributed by atoms with Crippen molar-refractivity contribution in [3.63, 3.8) is 0 Å². The lowest BCUT2D eigenvalue weighted by atomic mass is 9.95. The fourth-order valence-electron chi connectivity index (χ4n) is 3.36. The monoisotopic (exact) mass is 446 g/mol. The quantitative estimate of drug-likeness (QED) is 0.606. The maximum absolute atomic E-state index is 12.5. The van der Waals surface area contributed by atoms with E-state index >= 15 is 0 Å². The zero-order valence-corrected chi connectivity index (χ0v) is 18.1. The van der Waals surface area contributed by atoms with Gasteiger partial charge in [0, 0.05) is 17.5 Å². The Morgan fingerprint density at radius 3 is 2.06 bits per heavy atom. The second-order valence-electron chi connectivity index (χ2n) is 7.43. The average Bonchev–Trinajstić information content (AvgIpc) is 2.76. The van der Waals surface area contributed by atoms with Gasteiger partial charge in [-0.2, -0.15) is 0 Å². The molecule has 1 amide bonds. The number of carboxylic acids is 2. The number of carbonyl (C=O) groups is 3. The van der Waals surface area contributed by atoms with Crippen LogP contribution in [0.2, 0.25) is 5.02 Å². The van der Waals surface area contributed by atoms with Gasteiger partial charge in [0.05, 0.1) is 6.04 Å². The second kappa shape index (κ2) is 12.1. The summed E-state index contributed by atoms with van der Waals surface area (Å²) in [6, 6.07) is 18.2. The summed E-state index contributed by atoms with van der Waals surface area (Å²) in [7, 11) is 0. The van der Waals surface area contributed by atoms with E-state index in [2.05, 4.69) is 34.5 Å². The van der Waals surface area contributed by atoms with Crippen LogP contribution in [0.25, 0.3) is 0 Å². The van der Waals surface area contributed by atoms with Gasteiger partial charge in [-0.3, -0.25) is 9.69 Å². The zero-order valence-electron chi connectivity index (χ0n) is 17.3. The molecule has 0 bridgehead atoms. The van der Waals surface area contributed by atoms with Gasteiger partial charge in [0.25, 0.3) is 0 Å². The molecule has 1 heterocycles. The Balaban J connectivity index is 0.000000501. The predicted molar refractivity (Wildman–Crippen MR) is 118 cm³/mol. The molecule has 7 nitrogen and oxygen atoms in total. The van der Waals surface area contributed by atoms with Crippen LogP contribution in [0.3, 0.4) is 0 Å². The number of amides is 1. The molecule has 1 aliphatic heterocycles. The van der Waals surface area contributed by atoms with Crippen molar-refractivity contribution in [2.24, 2.45) is 5.92 Å². The third-order valence-electron chi connectivity index (χ3n) is 5.12. The normalized spacial score (nSPS) is 15.3. The summed E-state index contributed by atoms with van der Waals surface area (Å²) in [5, 5.41) is 18.7. The van der Waals surface area contributed by atoms with Crippen LogP contribution in [0.15, 0.2) is 54.6 Å².